The number of carbonyl (C=O) groups excluding carboxylic acids is 1. The van der Waals surface area contributed by atoms with Gasteiger partial charge in [-0.3, -0.25) is 4.79 Å². The number of nitriles is 1. The first-order chi connectivity index (χ1) is 14.2. The van der Waals surface area contributed by atoms with Gasteiger partial charge in [-0.1, -0.05) is 23.9 Å². The van der Waals surface area contributed by atoms with E-state index in [2.05, 4.69) is 16.0 Å². The lowest BCUT2D eigenvalue weighted by Crippen LogP contribution is -2.51. The van der Waals surface area contributed by atoms with Gasteiger partial charge in [0.15, 0.2) is 0 Å². The molecule has 0 N–H and O–H groups in total. The predicted octanol–water partition coefficient (Wildman–Crippen LogP) is 1.73. The molecule has 2 heterocycles. The Morgan fingerprint density at radius 3 is 2.50 bits per heavy atom. The van der Waals surface area contributed by atoms with Crippen molar-refractivity contribution in [1.29, 1.82) is 5.26 Å². The van der Waals surface area contributed by atoms with Crippen molar-refractivity contribution in [1.82, 2.24) is 19.2 Å². The van der Waals surface area contributed by atoms with Crippen molar-refractivity contribution in [3.8, 4) is 6.07 Å². The molecule has 158 valence electrons. The van der Waals surface area contributed by atoms with Crippen LogP contribution in [0.25, 0.3) is 0 Å². The Balaban J connectivity index is 1.61. The Morgan fingerprint density at radius 2 is 1.87 bits per heavy atom. The summed E-state index contributed by atoms with van der Waals surface area (Å²) in [7, 11) is -3.95. The molecule has 0 spiro atoms. The molecule has 30 heavy (non-hydrogen) atoms. The highest BCUT2D eigenvalue weighted by molar-refractivity contribution is 8.00. The van der Waals surface area contributed by atoms with Gasteiger partial charge in [-0.25, -0.2) is 22.8 Å². The number of benzene rings is 1. The van der Waals surface area contributed by atoms with Gasteiger partial charge in [0.25, 0.3) is 0 Å². The summed E-state index contributed by atoms with van der Waals surface area (Å²) in [6, 6.07) is 7.31. The fraction of sp³-hybridized carbons (Fsp3) is 0.368. The Kier molecular flexibility index (Phi) is 6.70. The average molecular weight is 450 g/mol. The van der Waals surface area contributed by atoms with Crippen molar-refractivity contribution in [2.45, 2.75) is 23.8 Å². The minimum atomic E-state index is -3.95. The molecule has 8 nitrogen and oxygen atoms in total. The molecule has 2 aromatic rings. The highest BCUT2D eigenvalue weighted by Crippen LogP contribution is 2.24. The molecule has 0 aliphatic carbocycles. The SMILES string of the molecule is Cc1nc(C)c(C#N)c(SCC(=O)N2CCN(S(=O)(=O)c3ccccc3F)CC2)n1. The van der Waals surface area contributed by atoms with Crippen molar-refractivity contribution in [3.05, 3.63) is 47.2 Å². The maximum Gasteiger partial charge on any atom is 0.246 e. The van der Waals surface area contributed by atoms with E-state index in [0.717, 1.165) is 17.8 Å². The van der Waals surface area contributed by atoms with Crippen LogP contribution in [0.1, 0.15) is 17.1 Å². The van der Waals surface area contributed by atoms with Crippen LogP contribution in [-0.2, 0) is 14.8 Å². The Morgan fingerprint density at radius 1 is 1.20 bits per heavy atom. The molecule has 1 aromatic heterocycles. The van der Waals surface area contributed by atoms with Crippen molar-refractivity contribution < 1.29 is 17.6 Å². The number of hydrogen-bond acceptors (Lipinski definition) is 7. The number of amides is 1. The molecule has 1 aromatic carbocycles. The maximum atomic E-state index is 13.9. The predicted molar refractivity (Wildman–Crippen MR) is 109 cm³/mol. The number of halogens is 1. The van der Waals surface area contributed by atoms with Crippen molar-refractivity contribution in [3.63, 3.8) is 0 Å². The molecule has 1 aliphatic heterocycles. The number of nitrogens with zero attached hydrogens (tertiary/aromatic N) is 5. The highest BCUT2D eigenvalue weighted by Gasteiger charge is 2.31. The van der Waals surface area contributed by atoms with Crippen LogP contribution in [0.2, 0.25) is 0 Å². The van der Waals surface area contributed by atoms with Gasteiger partial charge in [-0.05, 0) is 26.0 Å². The normalized spacial score (nSPS) is 15.1. The number of piperazine rings is 1. The summed E-state index contributed by atoms with van der Waals surface area (Å²) in [5.74, 6) is -0.379. The largest absolute Gasteiger partial charge is 0.339 e. The molecule has 0 unspecified atom stereocenters. The van der Waals surface area contributed by atoms with Crippen LogP contribution in [0.5, 0.6) is 0 Å². The number of rotatable bonds is 5. The van der Waals surface area contributed by atoms with Crippen LogP contribution in [0.3, 0.4) is 0 Å². The molecular weight excluding hydrogens is 429 g/mol. The molecule has 3 rings (SSSR count). The van der Waals surface area contributed by atoms with Crippen molar-refractivity contribution in [2.24, 2.45) is 0 Å². The van der Waals surface area contributed by atoms with Crippen LogP contribution in [0.4, 0.5) is 4.39 Å². The second kappa shape index (κ2) is 9.07. The zero-order valence-electron chi connectivity index (χ0n) is 16.5. The van der Waals surface area contributed by atoms with E-state index in [-0.39, 0.29) is 42.7 Å². The smallest absolute Gasteiger partial charge is 0.246 e. The van der Waals surface area contributed by atoms with Gasteiger partial charge in [-0.2, -0.15) is 9.57 Å². The fourth-order valence-corrected chi connectivity index (χ4v) is 5.57. The second-order valence-electron chi connectivity index (χ2n) is 6.65. The number of aryl methyl sites for hydroxylation is 2. The van der Waals surface area contributed by atoms with Crippen molar-refractivity contribution >= 4 is 27.7 Å². The molecule has 0 saturated carbocycles. The summed E-state index contributed by atoms with van der Waals surface area (Å²) < 4.78 is 40.4. The monoisotopic (exact) mass is 449 g/mol. The summed E-state index contributed by atoms with van der Waals surface area (Å²) in [5, 5.41) is 9.75. The average Bonchev–Trinajstić information content (AvgIpc) is 2.72. The summed E-state index contributed by atoms with van der Waals surface area (Å²) in [4.78, 5) is 22.2. The van der Waals surface area contributed by atoms with Crippen LogP contribution in [0.15, 0.2) is 34.2 Å². The summed E-state index contributed by atoms with van der Waals surface area (Å²) >= 11 is 1.16. The van der Waals surface area contributed by atoms with E-state index in [1.807, 2.05) is 0 Å². The number of sulfonamides is 1. The number of thioether (sulfide) groups is 1. The van der Waals surface area contributed by atoms with Crippen LogP contribution >= 0.6 is 11.8 Å². The molecule has 1 aliphatic rings. The van der Waals surface area contributed by atoms with E-state index >= 15 is 0 Å². The molecule has 0 bridgehead atoms. The first-order valence-corrected chi connectivity index (χ1v) is 11.6. The molecule has 1 saturated heterocycles. The molecule has 0 radical (unpaired) electrons. The van der Waals surface area contributed by atoms with E-state index in [1.165, 1.54) is 22.5 Å². The van der Waals surface area contributed by atoms with Gasteiger partial charge >= 0.3 is 0 Å². The van der Waals surface area contributed by atoms with Gasteiger partial charge in [-0.15, -0.1) is 0 Å². The van der Waals surface area contributed by atoms with E-state index < -0.39 is 15.8 Å². The third kappa shape index (κ3) is 4.61. The minimum absolute atomic E-state index is 0.0740. The lowest BCUT2D eigenvalue weighted by molar-refractivity contribution is -0.129. The minimum Gasteiger partial charge on any atom is -0.339 e. The molecule has 11 heteroatoms. The molecule has 1 fully saturated rings. The van der Waals surface area contributed by atoms with Gasteiger partial charge in [0.2, 0.25) is 15.9 Å². The van der Waals surface area contributed by atoms with E-state index in [4.69, 9.17) is 0 Å². The third-order valence-corrected chi connectivity index (χ3v) is 7.55. The molecular formula is C19H20FN5O3S2. The molecule has 0 atom stereocenters. The third-order valence-electron chi connectivity index (χ3n) is 4.66. The number of hydrogen-bond donors (Lipinski definition) is 0. The Hall–Kier alpha value is -2.55. The Bertz CT molecular complexity index is 1110. The van der Waals surface area contributed by atoms with Gasteiger partial charge in [0.1, 0.15) is 33.2 Å². The van der Waals surface area contributed by atoms with E-state index in [9.17, 15) is 22.9 Å². The fourth-order valence-electron chi connectivity index (χ4n) is 3.11. The van der Waals surface area contributed by atoms with Gasteiger partial charge < -0.3 is 4.90 Å². The van der Waals surface area contributed by atoms with Crippen LogP contribution in [0, 0.1) is 31.0 Å². The highest BCUT2D eigenvalue weighted by atomic mass is 32.2. The summed E-state index contributed by atoms with van der Waals surface area (Å²) in [6.07, 6.45) is 0. The van der Waals surface area contributed by atoms with Crippen LogP contribution < -0.4 is 0 Å². The van der Waals surface area contributed by atoms with Crippen LogP contribution in [-0.4, -0.2) is 65.4 Å². The number of aromatic nitrogens is 2. The zero-order chi connectivity index (χ0) is 21.9. The molecule has 1 amide bonds. The van der Waals surface area contributed by atoms with E-state index in [0.29, 0.717) is 22.1 Å². The zero-order valence-corrected chi connectivity index (χ0v) is 18.1. The lowest BCUT2D eigenvalue weighted by atomic mass is 10.3. The Labute approximate surface area is 178 Å². The second-order valence-corrected chi connectivity index (χ2v) is 9.52. The van der Waals surface area contributed by atoms with Crippen molar-refractivity contribution in [2.75, 3.05) is 31.9 Å². The lowest BCUT2D eigenvalue weighted by Gasteiger charge is -2.34. The van der Waals surface area contributed by atoms with Gasteiger partial charge in [0, 0.05) is 26.2 Å². The first-order valence-electron chi connectivity index (χ1n) is 9.14. The standard InChI is InChI=1S/C19H20FN5O3S2/c1-13-15(11-21)19(23-14(2)22-13)29-12-18(26)24-7-9-25(10-8-24)30(27,28)17-6-4-3-5-16(17)20/h3-6H,7-10,12H2,1-2H3. The topological polar surface area (TPSA) is 107 Å². The van der Waals surface area contributed by atoms with Gasteiger partial charge in [0.05, 0.1) is 11.4 Å². The first kappa shape index (κ1) is 22.1. The van der Waals surface area contributed by atoms with E-state index in [1.54, 1.807) is 18.7 Å². The summed E-state index contributed by atoms with van der Waals surface area (Å²) in [5.41, 5.74) is 0.908. The number of carbonyl (C=O) groups is 1. The summed E-state index contributed by atoms with van der Waals surface area (Å²) in [6.45, 7) is 4.02. The maximum absolute atomic E-state index is 13.9. The quantitative estimate of drug-likeness (QED) is 0.505.